The number of nitrogens with zero attached hydrogens (tertiary/aromatic N) is 1. The van der Waals surface area contributed by atoms with Gasteiger partial charge in [0.15, 0.2) is 0 Å². The molecule has 0 aromatic heterocycles. The van der Waals surface area contributed by atoms with Crippen LogP contribution in [0, 0.1) is 0 Å². The number of rotatable bonds is 2. The van der Waals surface area contributed by atoms with Crippen molar-refractivity contribution >= 4 is 15.9 Å². The normalized spacial score (nSPS) is 19.8. The van der Waals surface area contributed by atoms with Crippen molar-refractivity contribution in [3.05, 3.63) is 34.3 Å². The molecule has 2 nitrogen and oxygen atoms in total. The zero-order valence-electron chi connectivity index (χ0n) is 9.58. The van der Waals surface area contributed by atoms with Crippen molar-refractivity contribution in [2.24, 2.45) is 0 Å². The van der Waals surface area contributed by atoms with Crippen LogP contribution in [0.2, 0.25) is 0 Å². The molecule has 1 aliphatic heterocycles. The first kappa shape index (κ1) is 13.8. The van der Waals surface area contributed by atoms with Gasteiger partial charge in [0.2, 0.25) is 0 Å². The molecular formula is C12H13BrF3NO. The van der Waals surface area contributed by atoms with Crippen LogP contribution < -0.4 is 0 Å². The Morgan fingerprint density at radius 2 is 1.67 bits per heavy atom. The number of hydrogen-bond donors (Lipinski definition) is 0. The van der Waals surface area contributed by atoms with E-state index in [9.17, 15) is 13.2 Å². The van der Waals surface area contributed by atoms with Crippen LogP contribution in [0.25, 0.3) is 0 Å². The second kappa shape index (κ2) is 5.59. The first-order valence-corrected chi connectivity index (χ1v) is 6.42. The van der Waals surface area contributed by atoms with E-state index < -0.39 is 12.2 Å². The van der Waals surface area contributed by atoms with Gasteiger partial charge >= 0.3 is 6.18 Å². The Kier molecular flexibility index (Phi) is 4.29. The minimum Gasteiger partial charge on any atom is -0.379 e. The quantitative estimate of drug-likeness (QED) is 0.827. The molecule has 6 heteroatoms. The molecule has 1 fully saturated rings. The molecule has 1 aromatic rings. The van der Waals surface area contributed by atoms with Crippen LogP contribution in [-0.4, -0.2) is 37.4 Å². The third kappa shape index (κ3) is 3.24. The highest BCUT2D eigenvalue weighted by Crippen LogP contribution is 2.38. The summed E-state index contributed by atoms with van der Waals surface area (Å²) in [6, 6.07) is 4.74. The maximum absolute atomic E-state index is 13.2. The number of ether oxygens (including phenoxy) is 1. The molecule has 1 atom stereocenters. The van der Waals surface area contributed by atoms with Gasteiger partial charge in [-0.1, -0.05) is 28.1 Å². The fourth-order valence-electron chi connectivity index (χ4n) is 2.09. The molecule has 0 bridgehead atoms. The van der Waals surface area contributed by atoms with E-state index in [2.05, 4.69) is 15.9 Å². The third-order valence-corrected chi connectivity index (χ3v) is 3.44. The fraction of sp³-hybridized carbons (Fsp3) is 0.500. The smallest absolute Gasteiger partial charge is 0.379 e. The average molecular weight is 324 g/mol. The van der Waals surface area contributed by atoms with Gasteiger partial charge in [-0.05, 0) is 17.7 Å². The highest BCUT2D eigenvalue weighted by molar-refractivity contribution is 9.10. The van der Waals surface area contributed by atoms with Gasteiger partial charge in [-0.2, -0.15) is 13.2 Å². The van der Waals surface area contributed by atoms with Crippen LogP contribution in [0.15, 0.2) is 28.7 Å². The fourth-order valence-corrected chi connectivity index (χ4v) is 2.35. The predicted octanol–water partition coefficient (Wildman–Crippen LogP) is 3.38. The van der Waals surface area contributed by atoms with E-state index in [1.807, 2.05) is 0 Å². The zero-order valence-corrected chi connectivity index (χ0v) is 11.2. The van der Waals surface area contributed by atoms with Crippen LogP contribution in [0.5, 0.6) is 0 Å². The highest BCUT2D eigenvalue weighted by Gasteiger charge is 2.44. The van der Waals surface area contributed by atoms with Crippen LogP contribution in [-0.2, 0) is 4.74 Å². The Hall–Kier alpha value is -0.590. The van der Waals surface area contributed by atoms with Gasteiger partial charge in [0.25, 0.3) is 0 Å². The van der Waals surface area contributed by atoms with Gasteiger partial charge in [0.1, 0.15) is 6.04 Å². The van der Waals surface area contributed by atoms with E-state index in [-0.39, 0.29) is 5.56 Å². The van der Waals surface area contributed by atoms with E-state index >= 15 is 0 Å². The summed E-state index contributed by atoms with van der Waals surface area (Å²) in [4.78, 5) is 1.42. The Balaban J connectivity index is 2.27. The number of halogens is 4. The van der Waals surface area contributed by atoms with Crippen LogP contribution in [0.4, 0.5) is 13.2 Å². The molecule has 0 N–H and O–H groups in total. The molecule has 1 saturated heterocycles. The Labute approximate surface area is 112 Å². The maximum atomic E-state index is 13.2. The summed E-state index contributed by atoms with van der Waals surface area (Å²) in [5.41, 5.74) is 0.271. The van der Waals surface area contributed by atoms with Gasteiger partial charge in [-0.25, -0.2) is 0 Å². The lowest BCUT2D eigenvalue weighted by Crippen LogP contribution is -2.44. The summed E-state index contributed by atoms with van der Waals surface area (Å²) in [6.45, 7) is 1.31. The molecule has 100 valence electrons. The van der Waals surface area contributed by atoms with Gasteiger partial charge in [-0.15, -0.1) is 0 Å². The van der Waals surface area contributed by atoms with E-state index in [1.54, 1.807) is 12.1 Å². The largest absolute Gasteiger partial charge is 0.408 e. The van der Waals surface area contributed by atoms with E-state index in [4.69, 9.17) is 4.74 Å². The standard InChI is InChI=1S/C12H13BrF3NO/c13-10-3-1-9(2-4-10)11(12(14,15)16)17-5-7-18-8-6-17/h1-4,11H,5-8H2/t11-/m0/s1. The van der Waals surface area contributed by atoms with Gasteiger partial charge in [0.05, 0.1) is 13.2 Å². The van der Waals surface area contributed by atoms with Gasteiger partial charge < -0.3 is 4.74 Å². The summed E-state index contributed by atoms with van der Waals surface area (Å²) >= 11 is 3.23. The van der Waals surface area contributed by atoms with Crippen molar-refractivity contribution in [1.29, 1.82) is 0 Å². The van der Waals surface area contributed by atoms with Crippen molar-refractivity contribution in [3.8, 4) is 0 Å². The first-order valence-electron chi connectivity index (χ1n) is 5.62. The van der Waals surface area contributed by atoms with Crippen LogP contribution in [0.1, 0.15) is 11.6 Å². The molecule has 1 aromatic carbocycles. The van der Waals surface area contributed by atoms with Crippen molar-refractivity contribution in [1.82, 2.24) is 4.90 Å². The molecule has 18 heavy (non-hydrogen) atoms. The van der Waals surface area contributed by atoms with Crippen molar-refractivity contribution in [2.45, 2.75) is 12.2 Å². The third-order valence-electron chi connectivity index (χ3n) is 2.91. The van der Waals surface area contributed by atoms with Gasteiger partial charge in [0, 0.05) is 17.6 Å². The molecular weight excluding hydrogens is 311 g/mol. The SMILES string of the molecule is FC(F)(F)[C@H](c1ccc(Br)cc1)N1CCOCC1. The number of hydrogen-bond acceptors (Lipinski definition) is 2. The minimum absolute atomic E-state index is 0.271. The molecule has 1 heterocycles. The Morgan fingerprint density at radius 3 is 2.17 bits per heavy atom. The monoisotopic (exact) mass is 323 g/mol. The van der Waals surface area contributed by atoms with Crippen molar-refractivity contribution < 1.29 is 17.9 Å². The lowest BCUT2D eigenvalue weighted by Gasteiger charge is -2.35. The molecule has 0 spiro atoms. The second-order valence-corrected chi connectivity index (χ2v) is 5.06. The zero-order chi connectivity index (χ0) is 13.2. The number of benzene rings is 1. The van der Waals surface area contributed by atoms with Crippen molar-refractivity contribution in [3.63, 3.8) is 0 Å². The Morgan fingerprint density at radius 1 is 1.11 bits per heavy atom. The first-order chi connectivity index (χ1) is 8.48. The van der Waals surface area contributed by atoms with Crippen molar-refractivity contribution in [2.75, 3.05) is 26.3 Å². The summed E-state index contributed by atoms with van der Waals surface area (Å²) in [5, 5.41) is 0. The topological polar surface area (TPSA) is 12.5 Å². The van der Waals surface area contributed by atoms with E-state index in [0.29, 0.717) is 26.3 Å². The average Bonchev–Trinajstić information content (AvgIpc) is 2.32. The van der Waals surface area contributed by atoms with Crippen LogP contribution >= 0.6 is 15.9 Å². The summed E-state index contributed by atoms with van der Waals surface area (Å²) in [7, 11) is 0. The molecule has 2 rings (SSSR count). The maximum Gasteiger partial charge on any atom is 0.408 e. The number of morpholine rings is 1. The minimum atomic E-state index is -4.27. The summed E-state index contributed by atoms with van der Waals surface area (Å²) < 4.78 is 45.5. The van der Waals surface area contributed by atoms with Gasteiger partial charge in [-0.3, -0.25) is 4.90 Å². The van der Waals surface area contributed by atoms with E-state index in [0.717, 1.165) is 4.47 Å². The lowest BCUT2D eigenvalue weighted by molar-refractivity contribution is -0.194. The second-order valence-electron chi connectivity index (χ2n) is 4.14. The molecule has 0 radical (unpaired) electrons. The predicted molar refractivity (Wildman–Crippen MR) is 65.3 cm³/mol. The molecule has 0 saturated carbocycles. The molecule has 0 aliphatic carbocycles. The van der Waals surface area contributed by atoms with Crippen LogP contribution in [0.3, 0.4) is 0 Å². The molecule has 1 aliphatic rings. The Bertz CT molecular complexity index is 387. The number of alkyl halides is 3. The van der Waals surface area contributed by atoms with E-state index in [1.165, 1.54) is 17.0 Å². The molecule has 0 amide bonds. The summed E-state index contributed by atoms with van der Waals surface area (Å²) in [6.07, 6.45) is -4.27. The lowest BCUT2D eigenvalue weighted by atomic mass is 10.0. The highest BCUT2D eigenvalue weighted by atomic mass is 79.9. The summed E-state index contributed by atoms with van der Waals surface area (Å²) in [5.74, 6) is 0. The molecule has 0 unspecified atom stereocenters.